The minimum absolute atomic E-state index is 1.16. The molecule has 0 heteroatoms. The van der Waals surface area contributed by atoms with E-state index < -0.39 is 0 Å². The van der Waals surface area contributed by atoms with E-state index in [1.165, 1.54) is 27.8 Å². The molecular weight excluding hydrogens is 276 g/mol. The Morgan fingerprint density at radius 2 is 1.65 bits per heavy atom. The maximum Gasteiger partial charge on any atom is -0.00994 e. The van der Waals surface area contributed by atoms with E-state index in [2.05, 4.69) is 86.3 Å². The summed E-state index contributed by atoms with van der Waals surface area (Å²) in [5.74, 6) is 0. The predicted octanol–water partition coefficient (Wildman–Crippen LogP) is 7.01. The minimum atomic E-state index is 1.16. The molecule has 0 aliphatic heterocycles. The standard InChI is InChI=1S/C23H24/c1-5-8-13-18(4)20-15-9-10-16-22(20)23-17-11-14-19(7-3)21(23)12-6-2/h5-17H,3H2,1-2,4H3/b8-5-,12-6-,18-13+. The van der Waals surface area contributed by atoms with Crippen molar-refractivity contribution in [3.63, 3.8) is 0 Å². The van der Waals surface area contributed by atoms with E-state index in [-0.39, 0.29) is 0 Å². The van der Waals surface area contributed by atoms with Gasteiger partial charge in [0.2, 0.25) is 0 Å². The van der Waals surface area contributed by atoms with Crippen molar-refractivity contribution < 1.29 is 0 Å². The third kappa shape index (κ3) is 3.78. The topological polar surface area (TPSA) is 0 Å². The summed E-state index contributed by atoms with van der Waals surface area (Å²) < 4.78 is 0. The third-order valence-electron chi connectivity index (χ3n) is 3.87. The first-order chi connectivity index (χ1) is 11.2. The fourth-order valence-electron chi connectivity index (χ4n) is 2.74. The van der Waals surface area contributed by atoms with Gasteiger partial charge in [0.05, 0.1) is 0 Å². The number of rotatable bonds is 5. The van der Waals surface area contributed by atoms with Crippen LogP contribution in [0.4, 0.5) is 0 Å². The quantitative estimate of drug-likeness (QED) is 0.521. The second kappa shape index (κ2) is 8.14. The number of hydrogen-bond acceptors (Lipinski definition) is 0. The summed E-state index contributed by atoms with van der Waals surface area (Å²) in [6.45, 7) is 10.2. The van der Waals surface area contributed by atoms with Gasteiger partial charge in [-0.3, -0.25) is 0 Å². The summed E-state index contributed by atoms with van der Waals surface area (Å²) in [4.78, 5) is 0. The van der Waals surface area contributed by atoms with Crippen molar-refractivity contribution in [3.8, 4) is 11.1 Å². The zero-order valence-electron chi connectivity index (χ0n) is 14.2. The van der Waals surface area contributed by atoms with Gasteiger partial charge in [-0.2, -0.15) is 0 Å². The van der Waals surface area contributed by atoms with Gasteiger partial charge >= 0.3 is 0 Å². The van der Waals surface area contributed by atoms with Crippen molar-refractivity contribution in [2.75, 3.05) is 0 Å². The molecule has 0 bridgehead atoms. The molecule has 116 valence electrons. The summed E-state index contributed by atoms with van der Waals surface area (Å²) in [5, 5.41) is 0. The van der Waals surface area contributed by atoms with Crippen LogP contribution < -0.4 is 0 Å². The average molecular weight is 300 g/mol. The van der Waals surface area contributed by atoms with Crippen LogP contribution in [0.3, 0.4) is 0 Å². The minimum Gasteiger partial charge on any atom is -0.0984 e. The molecule has 23 heavy (non-hydrogen) atoms. The van der Waals surface area contributed by atoms with Gasteiger partial charge in [-0.15, -0.1) is 0 Å². The van der Waals surface area contributed by atoms with E-state index in [9.17, 15) is 0 Å². The van der Waals surface area contributed by atoms with Crippen molar-refractivity contribution >= 4 is 17.7 Å². The van der Waals surface area contributed by atoms with Crippen LogP contribution in [0.1, 0.15) is 37.5 Å². The molecule has 0 saturated heterocycles. The first-order valence-corrected chi connectivity index (χ1v) is 8.00. The van der Waals surface area contributed by atoms with Gasteiger partial charge in [0.15, 0.2) is 0 Å². The van der Waals surface area contributed by atoms with Crippen molar-refractivity contribution in [1.29, 1.82) is 0 Å². The highest BCUT2D eigenvalue weighted by molar-refractivity contribution is 5.87. The van der Waals surface area contributed by atoms with Crippen LogP contribution in [-0.2, 0) is 0 Å². The molecule has 0 N–H and O–H groups in total. The molecule has 0 heterocycles. The van der Waals surface area contributed by atoms with Crippen LogP contribution in [0.5, 0.6) is 0 Å². The van der Waals surface area contributed by atoms with Crippen molar-refractivity contribution in [3.05, 3.63) is 90.0 Å². The zero-order chi connectivity index (χ0) is 16.7. The molecule has 0 fully saturated rings. The summed E-state index contributed by atoms with van der Waals surface area (Å²) in [5.41, 5.74) is 7.39. The molecule has 2 aromatic rings. The second-order valence-electron chi connectivity index (χ2n) is 5.43. The molecule has 0 nitrogen and oxygen atoms in total. The predicted molar refractivity (Wildman–Crippen MR) is 105 cm³/mol. The third-order valence-corrected chi connectivity index (χ3v) is 3.87. The Morgan fingerprint density at radius 3 is 2.35 bits per heavy atom. The Hall–Kier alpha value is -2.60. The highest BCUT2D eigenvalue weighted by Gasteiger charge is 2.10. The fraction of sp³-hybridized carbons (Fsp3) is 0.130. The Bertz CT molecular complexity index is 770. The molecule has 0 aliphatic rings. The van der Waals surface area contributed by atoms with E-state index in [0.29, 0.717) is 0 Å². The maximum atomic E-state index is 3.95. The lowest BCUT2D eigenvalue weighted by molar-refractivity contribution is 1.51. The van der Waals surface area contributed by atoms with Crippen LogP contribution in [0.25, 0.3) is 28.9 Å². The average Bonchev–Trinajstić information content (AvgIpc) is 2.60. The van der Waals surface area contributed by atoms with Crippen molar-refractivity contribution in [2.24, 2.45) is 0 Å². The van der Waals surface area contributed by atoms with Crippen LogP contribution >= 0.6 is 0 Å². The van der Waals surface area contributed by atoms with Gasteiger partial charge in [0, 0.05) is 0 Å². The summed E-state index contributed by atoms with van der Waals surface area (Å²) in [7, 11) is 0. The molecule has 0 aliphatic carbocycles. The fourth-order valence-corrected chi connectivity index (χ4v) is 2.74. The zero-order valence-corrected chi connectivity index (χ0v) is 14.2. The van der Waals surface area contributed by atoms with Gasteiger partial charge in [-0.25, -0.2) is 0 Å². The van der Waals surface area contributed by atoms with E-state index in [4.69, 9.17) is 0 Å². The SMILES string of the molecule is C=Cc1cccc(-c2ccccc2/C(C)=C/C=C\C)c1/C=C\C. The lowest BCUT2D eigenvalue weighted by atomic mass is 9.89. The van der Waals surface area contributed by atoms with Gasteiger partial charge in [-0.1, -0.05) is 85.5 Å². The first kappa shape index (κ1) is 16.8. The molecule has 0 unspecified atom stereocenters. The largest absolute Gasteiger partial charge is 0.0984 e. The van der Waals surface area contributed by atoms with E-state index in [1.54, 1.807) is 0 Å². The Morgan fingerprint density at radius 1 is 0.913 bits per heavy atom. The molecule has 0 saturated carbocycles. The second-order valence-corrected chi connectivity index (χ2v) is 5.43. The molecule has 2 aromatic carbocycles. The lowest BCUT2D eigenvalue weighted by Crippen LogP contribution is -1.92. The van der Waals surface area contributed by atoms with Crippen molar-refractivity contribution in [2.45, 2.75) is 20.8 Å². The van der Waals surface area contributed by atoms with Gasteiger partial charge in [-0.05, 0) is 54.2 Å². The number of benzene rings is 2. The van der Waals surface area contributed by atoms with Crippen LogP contribution in [0.15, 0.2) is 73.3 Å². The molecule has 0 aromatic heterocycles. The van der Waals surface area contributed by atoms with E-state index >= 15 is 0 Å². The smallest absolute Gasteiger partial charge is 0.00994 e. The summed E-state index contributed by atoms with van der Waals surface area (Å²) >= 11 is 0. The van der Waals surface area contributed by atoms with Crippen LogP contribution in [0.2, 0.25) is 0 Å². The van der Waals surface area contributed by atoms with Gasteiger partial charge in [0.1, 0.15) is 0 Å². The molecule has 2 rings (SSSR count). The first-order valence-electron chi connectivity index (χ1n) is 8.00. The monoisotopic (exact) mass is 300 g/mol. The molecular formula is C23H24. The molecule has 0 amide bonds. The molecule has 0 radical (unpaired) electrons. The normalized spacial score (nSPS) is 12.2. The lowest BCUT2D eigenvalue weighted by Gasteiger charge is -2.14. The van der Waals surface area contributed by atoms with Crippen LogP contribution in [0, 0.1) is 0 Å². The summed E-state index contributed by atoms with van der Waals surface area (Å²) in [6, 6.07) is 15.0. The highest BCUT2D eigenvalue weighted by atomic mass is 14.1. The number of allylic oxidation sites excluding steroid dienone is 5. The Kier molecular flexibility index (Phi) is 5.94. The van der Waals surface area contributed by atoms with Crippen LogP contribution in [-0.4, -0.2) is 0 Å². The van der Waals surface area contributed by atoms with Gasteiger partial charge < -0.3 is 0 Å². The van der Waals surface area contributed by atoms with Gasteiger partial charge in [0.25, 0.3) is 0 Å². The van der Waals surface area contributed by atoms with E-state index in [0.717, 1.165) is 5.56 Å². The Labute approximate surface area is 140 Å². The molecule has 0 spiro atoms. The number of hydrogen-bond donors (Lipinski definition) is 0. The molecule has 0 atom stereocenters. The van der Waals surface area contributed by atoms with E-state index in [1.807, 2.05) is 19.9 Å². The van der Waals surface area contributed by atoms with Crippen molar-refractivity contribution in [1.82, 2.24) is 0 Å². The Balaban J connectivity index is 2.71. The maximum absolute atomic E-state index is 3.95. The summed E-state index contributed by atoms with van der Waals surface area (Å²) in [6.07, 6.45) is 12.5. The highest BCUT2D eigenvalue weighted by Crippen LogP contribution is 2.33.